The maximum atomic E-state index is 13.0. The zero-order valence-corrected chi connectivity index (χ0v) is 44.0. The highest BCUT2D eigenvalue weighted by atomic mass is 16.7. The van der Waals surface area contributed by atoms with Crippen molar-refractivity contribution >= 4 is 5.91 Å². The molecule has 6 N–H and O–H groups in total. The number of unbranched alkanes of at least 4 members (excludes halogenated alkanes) is 25. The lowest BCUT2D eigenvalue weighted by Crippen LogP contribution is -2.60. The van der Waals surface area contributed by atoms with Crippen LogP contribution in [0.1, 0.15) is 232 Å². The number of amides is 1. The Balaban J connectivity index is 2.29. The molecule has 1 aliphatic rings. The second kappa shape index (κ2) is 49.0. The van der Waals surface area contributed by atoms with Gasteiger partial charge in [0.1, 0.15) is 24.4 Å². The summed E-state index contributed by atoms with van der Waals surface area (Å²) in [5.74, 6) is -0.200. The Morgan fingerprint density at radius 1 is 0.507 bits per heavy atom. The molecule has 0 aliphatic carbocycles. The van der Waals surface area contributed by atoms with Gasteiger partial charge in [0.15, 0.2) is 6.29 Å². The Morgan fingerprint density at radius 2 is 0.913 bits per heavy atom. The van der Waals surface area contributed by atoms with Crippen LogP contribution in [0.25, 0.3) is 0 Å². The van der Waals surface area contributed by atoms with E-state index in [1.807, 2.05) is 6.08 Å². The topological polar surface area (TPSA) is 149 Å². The van der Waals surface area contributed by atoms with E-state index in [0.29, 0.717) is 6.42 Å². The van der Waals surface area contributed by atoms with Crippen molar-refractivity contribution in [2.24, 2.45) is 0 Å². The fourth-order valence-electron chi connectivity index (χ4n) is 8.49. The van der Waals surface area contributed by atoms with E-state index in [9.17, 15) is 30.3 Å². The van der Waals surface area contributed by atoms with Crippen molar-refractivity contribution in [1.82, 2.24) is 5.32 Å². The summed E-state index contributed by atoms with van der Waals surface area (Å²) in [6, 6.07) is -0.834. The molecule has 7 atom stereocenters. The summed E-state index contributed by atoms with van der Waals surface area (Å²) in [6.45, 7) is 3.65. The number of hydrogen-bond donors (Lipinski definition) is 6. The van der Waals surface area contributed by atoms with Crippen LogP contribution in [0, 0.1) is 0 Å². The van der Waals surface area contributed by atoms with E-state index in [4.69, 9.17) is 9.47 Å². The van der Waals surface area contributed by atoms with Crippen LogP contribution < -0.4 is 5.32 Å². The second-order valence-electron chi connectivity index (χ2n) is 19.3. The van der Waals surface area contributed by atoms with E-state index < -0.39 is 49.5 Å². The highest BCUT2D eigenvalue weighted by molar-refractivity contribution is 5.76. The first-order valence-corrected chi connectivity index (χ1v) is 28.3. The summed E-state index contributed by atoms with van der Waals surface area (Å²) in [5.41, 5.74) is 0. The van der Waals surface area contributed by atoms with Crippen molar-refractivity contribution in [3.05, 3.63) is 85.1 Å². The molecular formula is C60H105NO8. The van der Waals surface area contributed by atoms with Crippen LogP contribution in [-0.4, -0.2) is 87.5 Å². The second-order valence-corrected chi connectivity index (χ2v) is 19.3. The molecule has 1 saturated heterocycles. The molecule has 0 aromatic rings. The number of ether oxygens (including phenoxy) is 2. The molecule has 1 fully saturated rings. The van der Waals surface area contributed by atoms with Gasteiger partial charge in [0.25, 0.3) is 0 Å². The molecule has 1 heterocycles. The third-order valence-electron chi connectivity index (χ3n) is 13.0. The molecule has 69 heavy (non-hydrogen) atoms. The smallest absolute Gasteiger partial charge is 0.220 e. The minimum absolute atomic E-state index is 0.200. The van der Waals surface area contributed by atoms with Crippen LogP contribution in [0.2, 0.25) is 0 Å². The zero-order valence-electron chi connectivity index (χ0n) is 44.0. The zero-order chi connectivity index (χ0) is 50.1. The van der Waals surface area contributed by atoms with Gasteiger partial charge in [-0.2, -0.15) is 0 Å². The van der Waals surface area contributed by atoms with Crippen molar-refractivity contribution in [2.45, 2.75) is 275 Å². The largest absolute Gasteiger partial charge is 0.394 e. The predicted molar refractivity (Wildman–Crippen MR) is 290 cm³/mol. The average molecular weight is 968 g/mol. The van der Waals surface area contributed by atoms with Gasteiger partial charge < -0.3 is 40.3 Å². The van der Waals surface area contributed by atoms with Gasteiger partial charge in [0, 0.05) is 6.42 Å². The number of nitrogens with one attached hydrogen (secondary N) is 1. The van der Waals surface area contributed by atoms with E-state index in [0.717, 1.165) is 83.5 Å². The molecule has 1 amide bonds. The molecule has 0 saturated carbocycles. The first-order chi connectivity index (χ1) is 33.8. The molecule has 9 nitrogen and oxygen atoms in total. The first kappa shape index (κ1) is 64.4. The fraction of sp³-hybridized carbons (Fsp3) is 0.750. The number of aliphatic hydroxyl groups excluding tert-OH is 5. The fourth-order valence-corrected chi connectivity index (χ4v) is 8.49. The predicted octanol–water partition coefficient (Wildman–Crippen LogP) is 13.8. The van der Waals surface area contributed by atoms with Gasteiger partial charge in [-0.25, -0.2) is 0 Å². The number of carbonyl (C=O) groups is 1. The highest BCUT2D eigenvalue weighted by Gasteiger charge is 2.44. The molecule has 7 unspecified atom stereocenters. The van der Waals surface area contributed by atoms with Crippen molar-refractivity contribution in [3.8, 4) is 0 Å². The Bertz CT molecular complexity index is 1350. The van der Waals surface area contributed by atoms with E-state index >= 15 is 0 Å². The quantitative estimate of drug-likeness (QED) is 0.0261. The Hall–Kier alpha value is -2.63. The van der Waals surface area contributed by atoms with E-state index in [1.165, 1.54) is 128 Å². The Kier molecular flexibility index (Phi) is 45.7. The molecule has 0 bridgehead atoms. The summed E-state index contributed by atoms with van der Waals surface area (Å²) in [6.07, 6.45) is 62.1. The maximum Gasteiger partial charge on any atom is 0.220 e. The van der Waals surface area contributed by atoms with Crippen LogP contribution in [0.3, 0.4) is 0 Å². The number of allylic oxidation sites excluding steroid dienone is 13. The van der Waals surface area contributed by atoms with Crippen LogP contribution >= 0.6 is 0 Å². The Morgan fingerprint density at radius 3 is 1.39 bits per heavy atom. The van der Waals surface area contributed by atoms with Crippen molar-refractivity contribution < 1.29 is 39.8 Å². The normalized spacial score (nSPS) is 20.1. The minimum atomic E-state index is -1.58. The van der Waals surface area contributed by atoms with Gasteiger partial charge in [-0.3, -0.25) is 4.79 Å². The SMILES string of the molecule is CC/C=C\C/C=C\C/C=C\C/C=C\C/C=C\CCCCCCCCCC(=O)NC(COC1OC(CO)C(O)C(O)C1O)C(O)/C=C/CC/C=C/CCCCCCCCCCCCCCCCCCC. The molecule has 398 valence electrons. The van der Waals surface area contributed by atoms with Gasteiger partial charge in [-0.1, -0.05) is 234 Å². The Labute approximate surface area is 422 Å². The van der Waals surface area contributed by atoms with Gasteiger partial charge in [0.05, 0.1) is 25.4 Å². The standard InChI is InChI=1S/C60H105NO8/c1-3-5-7-9-11-13-15-17-19-21-23-25-27-29-31-33-35-37-39-41-43-45-47-49-54(63)53(52-68-60-59(67)58(66)57(65)55(51-62)69-60)61-56(64)50-48-46-44-42-40-38-36-34-32-30-28-26-24-22-20-18-16-14-12-10-8-6-4-2/h6,8,12,14,18,20,24,26,30,32,39,41,47,49,53-55,57-60,62-63,65-67H,3-5,7,9-11,13,15-17,19,21-23,25,27-29,31,33-38,40,42-46,48,50-52H2,1-2H3,(H,61,64)/b8-6-,14-12-,20-18-,26-24-,32-30-,41-39+,49-47+. The lowest BCUT2D eigenvalue weighted by atomic mass is 9.99. The van der Waals surface area contributed by atoms with Gasteiger partial charge >= 0.3 is 0 Å². The summed E-state index contributed by atoms with van der Waals surface area (Å²) in [4.78, 5) is 13.0. The van der Waals surface area contributed by atoms with E-state index in [2.05, 4.69) is 92.1 Å². The third kappa shape index (κ3) is 38.7. The number of rotatable bonds is 47. The molecule has 0 aromatic heterocycles. The van der Waals surface area contributed by atoms with Gasteiger partial charge in [0.2, 0.25) is 5.91 Å². The van der Waals surface area contributed by atoms with Crippen molar-refractivity contribution in [1.29, 1.82) is 0 Å². The van der Waals surface area contributed by atoms with Crippen LogP contribution in [0.5, 0.6) is 0 Å². The summed E-state index contributed by atoms with van der Waals surface area (Å²) >= 11 is 0. The van der Waals surface area contributed by atoms with E-state index in [1.54, 1.807) is 6.08 Å². The molecule has 1 rings (SSSR count). The third-order valence-corrected chi connectivity index (χ3v) is 13.0. The number of hydrogen-bond acceptors (Lipinski definition) is 8. The van der Waals surface area contributed by atoms with Crippen molar-refractivity contribution in [2.75, 3.05) is 13.2 Å². The average Bonchev–Trinajstić information content (AvgIpc) is 3.35. The summed E-state index contributed by atoms with van der Waals surface area (Å²) < 4.78 is 11.2. The van der Waals surface area contributed by atoms with Gasteiger partial charge in [-0.15, -0.1) is 0 Å². The minimum Gasteiger partial charge on any atom is -0.394 e. The van der Waals surface area contributed by atoms with E-state index in [-0.39, 0.29) is 12.5 Å². The van der Waals surface area contributed by atoms with Crippen LogP contribution in [0.15, 0.2) is 85.1 Å². The molecule has 1 aliphatic heterocycles. The van der Waals surface area contributed by atoms with Gasteiger partial charge in [-0.05, 0) is 77.0 Å². The molecule has 0 radical (unpaired) electrons. The lowest BCUT2D eigenvalue weighted by Gasteiger charge is -2.40. The monoisotopic (exact) mass is 968 g/mol. The van der Waals surface area contributed by atoms with Crippen molar-refractivity contribution in [3.63, 3.8) is 0 Å². The first-order valence-electron chi connectivity index (χ1n) is 28.3. The lowest BCUT2D eigenvalue weighted by molar-refractivity contribution is -0.302. The molecule has 0 spiro atoms. The molecular weight excluding hydrogens is 863 g/mol. The molecule has 0 aromatic carbocycles. The highest BCUT2D eigenvalue weighted by Crippen LogP contribution is 2.23. The van der Waals surface area contributed by atoms with Crippen LogP contribution in [0.4, 0.5) is 0 Å². The summed E-state index contributed by atoms with van der Waals surface area (Å²) in [7, 11) is 0. The maximum absolute atomic E-state index is 13.0. The summed E-state index contributed by atoms with van der Waals surface area (Å²) in [5, 5.41) is 54.5. The number of aliphatic hydroxyl groups is 5. The molecule has 9 heteroatoms. The van der Waals surface area contributed by atoms with Crippen LogP contribution in [-0.2, 0) is 14.3 Å². The number of carbonyl (C=O) groups excluding carboxylic acids is 1.